The molecule has 1 aromatic rings. The molecule has 1 heterocycles. The Bertz CT molecular complexity index is 371. The summed E-state index contributed by atoms with van der Waals surface area (Å²) in [5.74, 6) is 0.440. The molecule has 0 atom stereocenters. The topological polar surface area (TPSA) is 23.5 Å². The van der Waals surface area contributed by atoms with Gasteiger partial charge in [-0.3, -0.25) is 0 Å². The van der Waals surface area contributed by atoms with Crippen molar-refractivity contribution in [2.45, 2.75) is 32.6 Å². The van der Waals surface area contributed by atoms with Crippen LogP contribution >= 0.6 is 0 Å². The van der Waals surface area contributed by atoms with E-state index in [2.05, 4.69) is 31.7 Å². The molecule has 0 amide bonds. The second kappa shape index (κ2) is 3.44. The Kier molecular flexibility index (Phi) is 2.37. The zero-order chi connectivity index (χ0) is 11.1. The predicted molar refractivity (Wildman–Crippen MR) is 63.6 cm³/mol. The maximum absolute atomic E-state index is 9.98. The number of hydrogen-bond acceptors (Lipinski definition) is 2. The fourth-order valence-corrected chi connectivity index (χ4v) is 2.47. The molecule has 0 aliphatic carbocycles. The highest BCUT2D eigenvalue weighted by atomic mass is 16.3. The highest BCUT2D eigenvalue weighted by Gasteiger charge is 2.32. The Morgan fingerprint density at radius 1 is 1.40 bits per heavy atom. The van der Waals surface area contributed by atoms with Gasteiger partial charge in [0.2, 0.25) is 0 Å². The van der Waals surface area contributed by atoms with Crippen molar-refractivity contribution in [3.8, 4) is 5.75 Å². The number of fused-ring (bicyclic) bond motifs is 1. The van der Waals surface area contributed by atoms with E-state index in [1.54, 1.807) is 6.07 Å². The second-order valence-electron chi connectivity index (χ2n) is 4.88. The maximum Gasteiger partial charge on any atom is 0.121 e. The molecule has 1 aliphatic heterocycles. The van der Waals surface area contributed by atoms with Gasteiger partial charge in [-0.05, 0) is 30.9 Å². The van der Waals surface area contributed by atoms with Crippen molar-refractivity contribution in [3.63, 3.8) is 0 Å². The first-order valence-corrected chi connectivity index (χ1v) is 5.63. The van der Waals surface area contributed by atoms with Gasteiger partial charge in [-0.15, -0.1) is 0 Å². The number of hydrogen-bond donors (Lipinski definition) is 1. The van der Waals surface area contributed by atoms with Crippen LogP contribution < -0.4 is 4.90 Å². The summed E-state index contributed by atoms with van der Waals surface area (Å²) in [6.07, 6.45) is 1.10. The van der Waals surface area contributed by atoms with Crippen LogP contribution in [0.25, 0.3) is 0 Å². The van der Waals surface area contributed by atoms with E-state index >= 15 is 0 Å². The lowest BCUT2D eigenvalue weighted by molar-refractivity contribution is 0.407. The Hall–Kier alpha value is -1.18. The summed E-state index contributed by atoms with van der Waals surface area (Å²) >= 11 is 0. The zero-order valence-electron chi connectivity index (χ0n) is 9.75. The van der Waals surface area contributed by atoms with Gasteiger partial charge in [0.05, 0.1) is 0 Å². The molecule has 0 saturated heterocycles. The van der Waals surface area contributed by atoms with Crippen molar-refractivity contribution in [2.24, 2.45) is 0 Å². The molecule has 0 spiro atoms. The van der Waals surface area contributed by atoms with Crippen LogP contribution in [0.1, 0.15) is 32.8 Å². The van der Waals surface area contributed by atoms with E-state index in [0.717, 1.165) is 25.1 Å². The standard InChI is InChI=1S/C13H19NO/c1-4-14-9-8-13(2,3)12-10(14)6-5-7-11(12)15/h5-7,15H,4,8-9H2,1-3H3. The van der Waals surface area contributed by atoms with Crippen molar-refractivity contribution < 1.29 is 5.11 Å². The summed E-state index contributed by atoms with van der Waals surface area (Å²) in [6, 6.07) is 5.83. The van der Waals surface area contributed by atoms with E-state index in [4.69, 9.17) is 0 Å². The molecule has 0 saturated carbocycles. The van der Waals surface area contributed by atoms with Crippen LogP contribution in [-0.4, -0.2) is 18.2 Å². The van der Waals surface area contributed by atoms with Gasteiger partial charge < -0.3 is 10.0 Å². The van der Waals surface area contributed by atoms with Crippen LogP contribution in [0.2, 0.25) is 0 Å². The summed E-state index contributed by atoms with van der Waals surface area (Å²) in [6.45, 7) is 8.66. The summed E-state index contributed by atoms with van der Waals surface area (Å²) in [5.41, 5.74) is 2.40. The molecule has 0 bridgehead atoms. The molecule has 0 fully saturated rings. The minimum Gasteiger partial charge on any atom is -0.508 e. The molecule has 1 N–H and O–H groups in total. The number of anilines is 1. The van der Waals surface area contributed by atoms with Gasteiger partial charge in [0, 0.05) is 24.3 Å². The van der Waals surface area contributed by atoms with Crippen molar-refractivity contribution in [2.75, 3.05) is 18.0 Å². The highest BCUT2D eigenvalue weighted by molar-refractivity contribution is 5.63. The fourth-order valence-electron chi connectivity index (χ4n) is 2.47. The minimum absolute atomic E-state index is 0.0896. The summed E-state index contributed by atoms with van der Waals surface area (Å²) in [7, 11) is 0. The molecular weight excluding hydrogens is 186 g/mol. The van der Waals surface area contributed by atoms with Crippen molar-refractivity contribution in [3.05, 3.63) is 23.8 Å². The largest absolute Gasteiger partial charge is 0.508 e. The third kappa shape index (κ3) is 1.58. The lowest BCUT2D eigenvalue weighted by Crippen LogP contribution is -2.37. The normalized spacial score (nSPS) is 18.7. The van der Waals surface area contributed by atoms with Gasteiger partial charge in [-0.1, -0.05) is 19.9 Å². The van der Waals surface area contributed by atoms with Gasteiger partial charge in [0.1, 0.15) is 5.75 Å². The van der Waals surface area contributed by atoms with Crippen molar-refractivity contribution in [1.29, 1.82) is 0 Å². The Morgan fingerprint density at radius 2 is 2.13 bits per heavy atom. The van der Waals surface area contributed by atoms with Gasteiger partial charge >= 0.3 is 0 Å². The second-order valence-corrected chi connectivity index (χ2v) is 4.88. The van der Waals surface area contributed by atoms with Gasteiger partial charge in [-0.25, -0.2) is 0 Å². The van der Waals surface area contributed by atoms with Crippen LogP contribution in [0.3, 0.4) is 0 Å². The van der Waals surface area contributed by atoms with Gasteiger partial charge in [0.25, 0.3) is 0 Å². The SMILES string of the molecule is CCN1CCC(C)(C)c2c(O)cccc21. The lowest BCUT2D eigenvalue weighted by Gasteiger charge is -2.40. The lowest BCUT2D eigenvalue weighted by atomic mass is 9.77. The first kappa shape index (κ1) is 10.3. The molecule has 0 unspecified atom stereocenters. The van der Waals surface area contributed by atoms with E-state index in [1.807, 2.05) is 6.07 Å². The van der Waals surface area contributed by atoms with Gasteiger partial charge in [0.15, 0.2) is 0 Å². The molecule has 1 aliphatic rings. The molecule has 0 radical (unpaired) electrons. The molecule has 2 rings (SSSR count). The third-order valence-corrected chi connectivity index (χ3v) is 3.43. The van der Waals surface area contributed by atoms with Crippen molar-refractivity contribution in [1.82, 2.24) is 0 Å². The number of phenols is 1. The molecule has 0 aromatic heterocycles. The number of phenolic OH excluding ortho intramolecular Hbond substituents is 1. The van der Waals surface area contributed by atoms with E-state index in [1.165, 1.54) is 5.69 Å². The first-order valence-electron chi connectivity index (χ1n) is 5.63. The molecule has 82 valence electrons. The molecule has 15 heavy (non-hydrogen) atoms. The molecular formula is C13H19NO. The van der Waals surface area contributed by atoms with Crippen LogP contribution in [0.5, 0.6) is 5.75 Å². The van der Waals surface area contributed by atoms with E-state index in [9.17, 15) is 5.11 Å². The Morgan fingerprint density at radius 3 is 2.80 bits per heavy atom. The third-order valence-electron chi connectivity index (χ3n) is 3.43. The summed E-state index contributed by atoms with van der Waals surface area (Å²) in [5, 5.41) is 9.98. The smallest absolute Gasteiger partial charge is 0.121 e. The fraction of sp³-hybridized carbons (Fsp3) is 0.538. The highest BCUT2D eigenvalue weighted by Crippen LogP contribution is 2.44. The maximum atomic E-state index is 9.98. The quantitative estimate of drug-likeness (QED) is 0.762. The monoisotopic (exact) mass is 205 g/mol. The predicted octanol–water partition coefficient (Wildman–Crippen LogP) is 2.90. The van der Waals surface area contributed by atoms with E-state index < -0.39 is 0 Å². The van der Waals surface area contributed by atoms with E-state index in [0.29, 0.717) is 5.75 Å². The zero-order valence-corrected chi connectivity index (χ0v) is 9.75. The first-order chi connectivity index (χ1) is 7.06. The summed E-state index contributed by atoms with van der Waals surface area (Å²) in [4.78, 5) is 2.33. The number of rotatable bonds is 1. The van der Waals surface area contributed by atoms with Crippen LogP contribution in [-0.2, 0) is 5.41 Å². The van der Waals surface area contributed by atoms with E-state index in [-0.39, 0.29) is 5.41 Å². The number of benzene rings is 1. The minimum atomic E-state index is 0.0896. The van der Waals surface area contributed by atoms with Crippen LogP contribution in [0.4, 0.5) is 5.69 Å². The summed E-state index contributed by atoms with van der Waals surface area (Å²) < 4.78 is 0. The van der Waals surface area contributed by atoms with Crippen LogP contribution in [0, 0.1) is 0 Å². The molecule has 2 nitrogen and oxygen atoms in total. The molecule has 1 aromatic carbocycles. The van der Waals surface area contributed by atoms with Crippen molar-refractivity contribution >= 4 is 5.69 Å². The molecule has 2 heteroatoms. The van der Waals surface area contributed by atoms with Crippen LogP contribution in [0.15, 0.2) is 18.2 Å². The average molecular weight is 205 g/mol. The Balaban J connectivity index is 2.58. The average Bonchev–Trinajstić information content (AvgIpc) is 2.17. The number of aromatic hydroxyl groups is 1. The van der Waals surface area contributed by atoms with Gasteiger partial charge in [-0.2, -0.15) is 0 Å². The number of nitrogens with zero attached hydrogens (tertiary/aromatic N) is 1. The Labute approximate surface area is 91.5 Å².